The molecule has 4 aromatic carbocycles. The Hall–Kier alpha value is -3.69. The van der Waals surface area contributed by atoms with Crippen molar-refractivity contribution in [3.8, 4) is 22.4 Å². The Bertz CT molecular complexity index is 1790. The van der Waals surface area contributed by atoms with Gasteiger partial charge in [-0.2, -0.15) is 4.57 Å². The summed E-state index contributed by atoms with van der Waals surface area (Å²) < 4.78 is 9.20. The molecule has 6 rings (SSSR count). The molecule has 0 N–H and O–H groups in total. The van der Waals surface area contributed by atoms with Gasteiger partial charge in [0.05, 0.1) is 13.6 Å². The van der Waals surface area contributed by atoms with Gasteiger partial charge in [0.15, 0.2) is 0 Å². The van der Waals surface area contributed by atoms with Crippen LogP contribution in [0.1, 0.15) is 11.1 Å². The fourth-order valence-electron chi connectivity index (χ4n) is 5.61. The number of para-hydroxylation sites is 2. The zero-order valence-electron chi connectivity index (χ0n) is 21.9. The summed E-state index contributed by atoms with van der Waals surface area (Å²) in [5, 5.41) is 5.20. The second kappa shape index (κ2) is 8.18. The first-order valence-corrected chi connectivity index (χ1v) is 16.2. The van der Waals surface area contributed by atoms with Gasteiger partial charge in [-0.25, -0.2) is 0 Å². The van der Waals surface area contributed by atoms with Crippen molar-refractivity contribution < 1.29 is 8.98 Å². The van der Waals surface area contributed by atoms with E-state index in [1.807, 2.05) is 0 Å². The first-order chi connectivity index (χ1) is 17.3. The Kier molecular flexibility index (Phi) is 5.17. The quantitative estimate of drug-likeness (QED) is 0.183. The summed E-state index contributed by atoms with van der Waals surface area (Å²) in [6.45, 7) is 11.8. The van der Waals surface area contributed by atoms with Crippen LogP contribution in [-0.4, -0.2) is 8.07 Å². The van der Waals surface area contributed by atoms with E-state index >= 15 is 0 Å². The molecular weight excluding hydrogens is 454 g/mol. The summed E-state index contributed by atoms with van der Waals surface area (Å²) in [4.78, 5) is 0. The molecule has 3 heteroatoms. The number of nitrogens with zero attached hydrogens (tertiary/aromatic N) is 1. The lowest BCUT2D eigenvalue weighted by Crippen LogP contribution is -2.43. The minimum atomic E-state index is -1.61. The molecule has 6 aromatic rings. The van der Waals surface area contributed by atoms with Crippen LogP contribution in [0.25, 0.3) is 55.2 Å². The van der Waals surface area contributed by atoms with Crippen LogP contribution in [0.15, 0.2) is 89.3 Å². The van der Waals surface area contributed by atoms with Crippen LogP contribution >= 0.6 is 0 Å². The van der Waals surface area contributed by atoms with Crippen LogP contribution in [0.5, 0.6) is 0 Å². The molecule has 0 saturated carbocycles. The Balaban J connectivity index is 1.76. The SMILES string of the molecule is Cc1cc2c(oc3c(-c4ccccc4)cccc32)c(-c2cc([Si](C)(C)C)c3ccccc3[n+]2C)c1C. The van der Waals surface area contributed by atoms with E-state index in [0.29, 0.717) is 0 Å². The average molecular weight is 487 g/mol. The zero-order chi connectivity index (χ0) is 25.2. The predicted molar refractivity (Wildman–Crippen MR) is 156 cm³/mol. The van der Waals surface area contributed by atoms with Gasteiger partial charge < -0.3 is 4.42 Å². The van der Waals surface area contributed by atoms with Crippen molar-refractivity contribution in [1.29, 1.82) is 0 Å². The van der Waals surface area contributed by atoms with Gasteiger partial charge in [-0.1, -0.05) is 80.3 Å². The van der Waals surface area contributed by atoms with E-state index in [2.05, 4.69) is 130 Å². The van der Waals surface area contributed by atoms with E-state index in [9.17, 15) is 0 Å². The number of rotatable bonds is 3. The molecule has 2 heterocycles. The maximum absolute atomic E-state index is 6.85. The van der Waals surface area contributed by atoms with Crippen LogP contribution in [0.4, 0.5) is 0 Å². The lowest BCUT2D eigenvalue weighted by molar-refractivity contribution is -0.633. The lowest BCUT2D eigenvalue weighted by Gasteiger charge is -2.20. The van der Waals surface area contributed by atoms with E-state index in [0.717, 1.165) is 16.7 Å². The molecular formula is C33H32NOSi+. The van der Waals surface area contributed by atoms with Gasteiger partial charge in [0.25, 0.3) is 0 Å². The maximum Gasteiger partial charge on any atom is 0.216 e. The Morgan fingerprint density at radius 3 is 2.14 bits per heavy atom. The van der Waals surface area contributed by atoms with Gasteiger partial charge in [-0.3, -0.25) is 0 Å². The molecule has 0 aliphatic rings. The number of furan rings is 1. The summed E-state index contributed by atoms with van der Waals surface area (Å²) in [5.74, 6) is 0. The van der Waals surface area contributed by atoms with Gasteiger partial charge in [-0.15, -0.1) is 0 Å². The summed E-state index contributed by atoms with van der Waals surface area (Å²) in [6.07, 6.45) is 0. The van der Waals surface area contributed by atoms with Crippen LogP contribution < -0.4 is 9.75 Å². The molecule has 0 aliphatic carbocycles. The molecule has 36 heavy (non-hydrogen) atoms. The van der Waals surface area contributed by atoms with E-state index in [1.54, 1.807) is 0 Å². The highest BCUT2D eigenvalue weighted by molar-refractivity contribution is 6.90. The molecule has 0 atom stereocenters. The highest BCUT2D eigenvalue weighted by atomic mass is 28.3. The van der Waals surface area contributed by atoms with Gasteiger partial charge in [0.1, 0.15) is 18.2 Å². The second-order valence-electron chi connectivity index (χ2n) is 11.0. The molecule has 0 spiro atoms. The standard InChI is InChI=1S/C33H32NOSi/c1-21-19-27-25-17-12-16-24(23-13-8-7-9-14-23)32(25)35-33(27)31(22(21)2)29-20-30(36(4,5)6)26-15-10-11-18-28(26)34(29)3/h7-20H,1-6H3/q+1. The molecule has 0 amide bonds. The van der Waals surface area contributed by atoms with Crippen LogP contribution in [-0.2, 0) is 7.05 Å². The Morgan fingerprint density at radius 1 is 0.694 bits per heavy atom. The molecule has 0 radical (unpaired) electrons. The Morgan fingerprint density at radius 2 is 1.39 bits per heavy atom. The van der Waals surface area contributed by atoms with Crippen molar-refractivity contribution in [2.24, 2.45) is 7.05 Å². The Labute approximate surface area is 213 Å². The largest absolute Gasteiger partial charge is 0.454 e. The molecule has 0 unspecified atom stereocenters. The number of hydrogen-bond donors (Lipinski definition) is 0. The monoisotopic (exact) mass is 486 g/mol. The van der Waals surface area contributed by atoms with Crippen LogP contribution in [0.2, 0.25) is 19.6 Å². The normalized spacial score (nSPS) is 12.2. The van der Waals surface area contributed by atoms with E-state index in [1.165, 1.54) is 54.8 Å². The number of aromatic nitrogens is 1. The van der Waals surface area contributed by atoms with Crippen molar-refractivity contribution in [3.63, 3.8) is 0 Å². The topological polar surface area (TPSA) is 17.0 Å². The highest BCUT2D eigenvalue weighted by Gasteiger charge is 2.29. The number of benzene rings is 4. The fourth-order valence-corrected chi connectivity index (χ4v) is 7.20. The molecule has 0 aliphatic heterocycles. The van der Waals surface area contributed by atoms with Crippen LogP contribution in [0, 0.1) is 13.8 Å². The van der Waals surface area contributed by atoms with Crippen molar-refractivity contribution in [2.45, 2.75) is 33.5 Å². The number of aryl methyl sites for hydroxylation is 2. The maximum atomic E-state index is 6.85. The second-order valence-corrected chi connectivity index (χ2v) is 16.0. The average Bonchev–Trinajstić information content (AvgIpc) is 3.23. The molecule has 2 aromatic heterocycles. The molecule has 0 bridgehead atoms. The molecule has 2 nitrogen and oxygen atoms in total. The van der Waals surface area contributed by atoms with Gasteiger partial charge >= 0.3 is 0 Å². The smallest absolute Gasteiger partial charge is 0.216 e. The van der Waals surface area contributed by atoms with Crippen molar-refractivity contribution >= 4 is 46.1 Å². The third-order valence-electron chi connectivity index (χ3n) is 7.66. The summed E-state index contributed by atoms with van der Waals surface area (Å²) in [6, 6.07) is 30.6. The third-order valence-corrected chi connectivity index (χ3v) is 9.69. The van der Waals surface area contributed by atoms with Gasteiger partial charge in [0, 0.05) is 33.9 Å². The van der Waals surface area contributed by atoms with Crippen molar-refractivity contribution in [3.05, 3.63) is 96.1 Å². The van der Waals surface area contributed by atoms with Gasteiger partial charge in [0.2, 0.25) is 11.2 Å². The number of fused-ring (bicyclic) bond motifs is 4. The van der Waals surface area contributed by atoms with Gasteiger partial charge in [-0.05, 0) is 47.9 Å². The fraction of sp³-hybridized carbons (Fsp3) is 0.182. The molecule has 178 valence electrons. The minimum absolute atomic E-state index is 0.957. The van der Waals surface area contributed by atoms with E-state index in [-0.39, 0.29) is 0 Å². The summed E-state index contributed by atoms with van der Waals surface area (Å²) >= 11 is 0. The number of pyridine rings is 1. The third kappa shape index (κ3) is 3.41. The van der Waals surface area contributed by atoms with Crippen molar-refractivity contribution in [2.75, 3.05) is 0 Å². The summed E-state index contributed by atoms with van der Waals surface area (Å²) in [7, 11) is 0.580. The van der Waals surface area contributed by atoms with Crippen molar-refractivity contribution in [1.82, 2.24) is 0 Å². The molecule has 0 saturated heterocycles. The first-order valence-electron chi connectivity index (χ1n) is 12.7. The minimum Gasteiger partial charge on any atom is -0.454 e. The highest BCUT2D eigenvalue weighted by Crippen LogP contribution is 2.41. The number of hydrogen-bond acceptors (Lipinski definition) is 1. The predicted octanol–water partition coefficient (Wildman–Crippen LogP) is 8.06. The van der Waals surface area contributed by atoms with E-state index in [4.69, 9.17) is 4.42 Å². The van der Waals surface area contributed by atoms with Crippen LogP contribution in [0.3, 0.4) is 0 Å². The zero-order valence-corrected chi connectivity index (χ0v) is 22.9. The lowest BCUT2D eigenvalue weighted by atomic mass is 9.95. The molecule has 0 fully saturated rings. The van der Waals surface area contributed by atoms with E-state index < -0.39 is 8.07 Å². The summed E-state index contributed by atoms with van der Waals surface area (Å²) in [5.41, 5.74) is 10.5. The first kappa shape index (κ1) is 22.8.